The lowest BCUT2D eigenvalue weighted by Crippen LogP contribution is -2.31. The quantitative estimate of drug-likeness (QED) is 0.783. The largest absolute Gasteiger partial charge is 0.495 e. The van der Waals surface area contributed by atoms with Crippen LogP contribution in [0.15, 0.2) is 21.1 Å². The van der Waals surface area contributed by atoms with E-state index in [1.165, 1.54) is 12.8 Å². The molecule has 1 amide bonds. The van der Waals surface area contributed by atoms with Crippen LogP contribution in [0, 0.1) is 5.92 Å². The lowest BCUT2D eigenvalue weighted by atomic mass is 10.3. The van der Waals surface area contributed by atoms with Crippen molar-refractivity contribution in [2.45, 2.75) is 12.8 Å². The molecule has 1 fully saturated rings. The number of carbonyl (C=O) groups is 1. The maximum atomic E-state index is 11.7. The molecular weight excluding hydrogens is 376 g/mol. The maximum Gasteiger partial charge on any atom is 0.239 e. The highest BCUT2D eigenvalue weighted by atomic mass is 79.9. The molecule has 0 radical (unpaired) electrons. The number of amides is 1. The van der Waals surface area contributed by atoms with Crippen LogP contribution in [0.25, 0.3) is 0 Å². The summed E-state index contributed by atoms with van der Waals surface area (Å²) in [6.45, 7) is 1.06. The minimum atomic E-state index is 0.0145. The van der Waals surface area contributed by atoms with Gasteiger partial charge in [-0.1, -0.05) is 0 Å². The summed E-state index contributed by atoms with van der Waals surface area (Å²) >= 11 is 6.86. The summed E-state index contributed by atoms with van der Waals surface area (Å²) in [6.07, 6.45) is 2.48. The van der Waals surface area contributed by atoms with Crippen molar-refractivity contribution >= 4 is 43.5 Å². The van der Waals surface area contributed by atoms with E-state index in [1.54, 1.807) is 7.11 Å². The van der Waals surface area contributed by atoms with Crippen LogP contribution in [0.4, 0.5) is 5.69 Å². The van der Waals surface area contributed by atoms with E-state index in [4.69, 9.17) is 4.74 Å². The zero-order chi connectivity index (χ0) is 13.8. The molecule has 4 nitrogen and oxygen atoms in total. The number of nitrogens with one attached hydrogen (secondary N) is 2. The fourth-order valence-electron chi connectivity index (χ4n) is 1.64. The third kappa shape index (κ3) is 4.38. The van der Waals surface area contributed by atoms with E-state index in [9.17, 15) is 4.79 Å². The smallest absolute Gasteiger partial charge is 0.239 e. The Balaban J connectivity index is 1.88. The summed E-state index contributed by atoms with van der Waals surface area (Å²) in [4.78, 5) is 11.7. The molecule has 0 aromatic heterocycles. The molecule has 0 unspecified atom stereocenters. The number of hydrogen-bond acceptors (Lipinski definition) is 3. The van der Waals surface area contributed by atoms with Crippen LogP contribution in [0.3, 0.4) is 0 Å². The van der Waals surface area contributed by atoms with Crippen LogP contribution in [0.1, 0.15) is 12.8 Å². The second-order valence-corrected chi connectivity index (χ2v) is 6.28. The van der Waals surface area contributed by atoms with Crippen molar-refractivity contribution in [1.29, 1.82) is 0 Å². The van der Waals surface area contributed by atoms with Crippen molar-refractivity contribution in [3.63, 3.8) is 0 Å². The minimum Gasteiger partial charge on any atom is -0.495 e. The van der Waals surface area contributed by atoms with Gasteiger partial charge < -0.3 is 15.4 Å². The summed E-state index contributed by atoms with van der Waals surface area (Å²) in [7, 11) is 1.61. The van der Waals surface area contributed by atoms with Gasteiger partial charge >= 0.3 is 0 Å². The molecule has 104 valence electrons. The normalized spacial score (nSPS) is 14.1. The highest BCUT2D eigenvalue weighted by molar-refractivity contribution is 9.11. The van der Waals surface area contributed by atoms with Crippen LogP contribution in [-0.2, 0) is 4.79 Å². The van der Waals surface area contributed by atoms with Crippen molar-refractivity contribution in [2.75, 3.05) is 25.5 Å². The van der Waals surface area contributed by atoms with Crippen molar-refractivity contribution in [3.05, 3.63) is 21.1 Å². The second kappa shape index (κ2) is 6.61. The molecule has 0 atom stereocenters. The van der Waals surface area contributed by atoms with Gasteiger partial charge in [0.25, 0.3) is 0 Å². The summed E-state index contributed by atoms with van der Waals surface area (Å²) in [5, 5.41) is 6.02. The molecule has 2 N–H and O–H groups in total. The molecule has 19 heavy (non-hydrogen) atoms. The predicted molar refractivity (Wildman–Crippen MR) is 82.6 cm³/mol. The van der Waals surface area contributed by atoms with Gasteiger partial charge in [0.1, 0.15) is 5.75 Å². The second-order valence-electron chi connectivity index (χ2n) is 4.57. The number of hydrogen-bond donors (Lipinski definition) is 2. The first-order chi connectivity index (χ1) is 9.10. The Labute approximate surface area is 129 Å². The molecular formula is C13H16Br2N2O2. The molecule has 1 aliphatic rings. The van der Waals surface area contributed by atoms with E-state index in [0.717, 1.165) is 26.9 Å². The summed E-state index contributed by atoms with van der Waals surface area (Å²) in [5.74, 6) is 1.44. The maximum absolute atomic E-state index is 11.7. The van der Waals surface area contributed by atoms with E-state index in [0.29, 0.717) is 5.92 Å². The predicted octanol–water partition coefficient (Wildman–Crippen LogP) is 3.16. The summed E-state index contributed by atoms with van der Waals surface area (Å²) in [6, 6.07) is 3.74. The molecule has 0 aliphatic heterocycles. The van der Waals surface area contributed by atoms with Gasteiger partial charge in [-0.15, -0.1) is 0 Å². The Morgan fingerprint density at radius 3 is 2.74 bits per heavy atom. The van der Waals surface area contributed by atoms with Gasteiger partial charge in [-0.25, -0.2) is 0 Å². The summed E-state index contributed by atoms with van der Waals surface area (Å²) in [5.41, 5.74) is 0.835. The van der Waals surface area contributed by atoms with Crippen molar-refractivity contribution < 1.29 is 9.53 Å². The van der Waals surface area contributed by atoms with Crippen LogP contribution in [-0.4, -0.2) is 26.1 Å². The Morgan fingerprint density at radius 2 is 2.11 bits per heavy atom. The third-order valence-electron chi connectivity index (χ3n) is 2.97. The molecule has 1 aromatic carbocycles. The lowest BCUT2D eigenvalue weighted by molar-refractivity contribution is -0.119. The fourth-order valence-corrected chi connectivity index (χ4v) is 2.94. The zero-order valence-corrected chi connectivity index (χ0v) is 13.8. The van der Waals surface area contributed by atoms with Gasteiger partial charge in [0.15, 0.2) is 0 Å². The number of benzene rings is 1. The molecule has 2 rings (SSSR count). The van der Waals surface area contributed by atoms with Crippen molar-refractivity contribution in [1.82, 2.24) is 5.32 Å². The van der Waals surface area contributed by atoms with Gasteiger partial charge in [-0.05, 0) is 56.7 Å². The average Bonchev–Trinajstić information content (AvgIpc) is 3.19. The SMILES string of the molecule is COc1cc(NCC(=O)NCC2CC2)c(Br)cc1Br. The zero-order valence-electron chi connectivity index (χ0n) is 10.6. The molecule has 0 bridgehead atoms. The number of halogens is 2. The topological polar surface area (TPSA) is 50.4 Å². The van der Waals surface area contributed by atoms with Crippen LogP contribution >= 0.6 is 31.9 Å². The van der Waals surface area contributed by atoms with Gasteiger partial charge in [-0.2, -0.15) is 0 Å². The molecule has 6 heteroatoms. The number of methoxy groups -OCH3 is 1. The third-order valence-corrected chi connectivity index (χ3v) is 4.24. The standard InChI is InChI=1S/C13H16Br2N2O2/c1-19-12-5-11(9(14)4-10(12)15)16-7-13(18)17-6-8-2-3-8/h4-5,8,16H,2-3,6-7H2,1H3,(H,17,18). The van der Waals surface area contributed by atoms with Crippen LogP contribution in [0.2, 0.25) is 0 Å². The van der Waals surface area contributed by atoms with Crippen LogP contribution in [0.5, 0.6) is 5.75 Å². The summed E-state index contributed by atoms with van der Waals surface area (Å²) < 4.78 is 6.98. The Kier molecular flexibility index (Phi) is 5.10. The van der Waals surface area contributed by atoms with Crippen LogP contribution < -0.4 is 15.4 Å². The number of rotatable bonds is 6. The Morgan fingerprint density at radius 1 is 1.37 bits per heavy atom. The van der Waals surface area contributed by atoms with Crippen molar-refractivity contribution in [2.24, 2.45) is 5.92 Å². The molecule has 1 saturated carbocycles. The fraction of sp³-hybridized carbons (Fsp3) is 0.462. The molecule has 0 saturated heterocycles. The van der Waals surface area contributed by atoms with E-state index in [-0.39, 0.29) is 12.5 Å². The monoisotopic (exact) mass is 390 g/mol. The van der Waals surface area contributed by atoms with Gasteiger partial charge in [0, 0.05) is 17.1 Å². The number of ether oxygens (including phenoxy) is 1. The highest BCUT2D eigenvalue weighted by Gasteiger charge is 2.21. The van der Waals surface area contributed by atoms with Gasteiger partial charge in [-0.3, -0.25) is 4.79 Å². The van der Waals surface area contributed by atoms with E-state index in [2.05, 4.69) is 42.5 Å². The lowest BCUT2D eigenvalue weighted by Gasteiger charge is -2.12. The highest BCUT2D eigenvalue weighted by Crippen LogP contribution is 2.34. The Hall–Kier alpha value is -0.750. The number of carbonyl (C=O) groups excluding carboxylic acids is 1. The molecule has 0 heterocycles. The Bertz CT molecular complexity index is 476. The first-order valence-corrected chi connectivity index (χ1v) is 7.72. The average molecular weight is 392 g/mol. The first kappa shape index (κ1) is 14.7. The van der Waals surface area contributed by atoms with E-state index < -0.39 is 0 Å². The van der Waals surface area contributed by atoms with E-state index >= 15 is 0 Å². The van der Waals surface area contributed by atoms with Crippen molar-refractivity contribution in [3.8, 4) is 5.75 Å². The number of anilines is 1. The minimum absolute atomic E-state index is 0.0145. The van der Waals surface area contributed by atoms with Gasteiger partial charge in [0.2, 0.25) is 5.91 Å². The molecule has 1 aliphatic carbocycles. The van der Waals surface area contributed by atoms with E-state index in [1.807, 2.05) is 12.1 Å². The molecule has 1 aromatic rings. The van der Waals surface area contributed by atoms with Gasteiger partial charge in [0.05, 0.1) is 23.8 Å². The first-order valence-electron chi connectivity index (χ1n) is 6.13. The molecule has 0 spiro atoms.